The molecule has 2 aliphatic rings. The van der Waals surface area contributed by atoms with E-state index in [0.717, 1.165) is 25.7 Å². The molecule has 1 N–H and O–H groups in total. The highest BCUT2D eigenvalue weighted by molar-refractivity contribution is 7.90. The molecule has 2 aromatic rings. The van der Waals surface area contributed by atoms with Crippen LogP contribution in [0, 0.1) is 5.92 Å². The van der Waals surface area contributed by atoms with Gasteiger partial charge in [-0.05, 0) is 61.7 Å². The summed E-state index contributed by atoms with van der Waals surface area (Å²) in [6.07, 6.45) is 3.61. The van der Waals surface area contributed by atoms with Gasteiger partial charge in [0.25, 0.3) is 10.0 Å². The number of anilines is 2. The lowest BCUT2D eigenvalue weighted by Gasteiger charge is -2.31. The minimum absolute atomic E-state index is 0.0402. The van der Waals surface area contributed by atoms with Crippen molar-refractivity contribution >= 4 is 33.1 Å². The van der Waals surface area contributed by atoms with Crippen molar-refractivity contribution in [1.82, 2.24) is 0 Å². The Balaban J connectivity index is 1.74. The second-order valence-corrected chi connectivity index (χ2v) is 9.14. The Kier molecular flexibility index (Phi) is 5.51. The average Bonchev–Trinajstić information content (AvgIpc) is 3.59. The summed E-state index contributed by atoms with van der Waals surface area (Å²) in [4.78, 5) is 14.1. The van der Waals surface area contributed by atoms with Crippen LogP contribution in [0.15, 0.2) is 51.8 Å². The van der Waals surface area contributed by atoms with Crippen LogP contribution in [-0.4, -0.2) is 33.8 Å². The normalized spacial score (nSPS) is 17.1. The molecular formula is C22H25N3O4S. The summed E-state index contributed by atoms with van der Waals surface area (Å²) in [5.74, 6) is 1.06. The number of rotatable bonds is 7. The van der Waals surface area contributed by atoms with Crippen LogP contribution in [0.25, 0.3) is 0 Å². The maximum atomic E-state index is 13.0. The summed E-state index contributed by atoms with van der Waals surface area (Å²) in [5.41, 5.74) is 1.76. The number of ether oxygens (including phenoxy) is 1. The summed E-state index contributed by atoms with van der Waals surface area (Å²) >= 11 is 0. The van der Waals surface area contributed by atoms with Crippen molar-refractivity contribution in [3.05, 3.63) is 48.0 Å². The summed E-state index contributed by atoms with van der Waals surface area (Å²) in [6, 6.07) is 12.2. The van der Waals surface area contributed by atoms with E-state index in [4.69, 9.17) is 4.74 Å². The van der Waals surface area contributed by atoms with E-state index in [2.05, 4.69) is 16.6 Å². The van der Waals surface area contributed by atoms with Crippen LogP contribution in [0.3, 0.4) is 0 Å². The number of carbonyl (C=O) groups excluding carboxylic acids is 1. The lowest BCUT2D eigenvalue weighted by Crippen LogP contribution is -2.37. The van der Waals surface area contributed by atoms with Gasteiger partial charge in [0.05, 0.1) is 12.8 Å². The SMILES string of the molecule is CCCCN1C(c2ccc(OC)cc2)=NS(=O)(=O)c2cc(NC(=O)C3CC3)ccc21. The number of methoxy groups -OCH3 is 1. The highest BCUT2D eigenvalue weighted by Gasteiger charge is 2.33. The van der Waals surface area contributed by atoms with E-state index in [-0.39, 0.29) is 16.7 Å². The van der Waals surface area contributed by atoms with Gasteiger partial charge in [-0.1, -0.05) is 13.3 Å². The lowest BCUT2D eigenvalue weighted by molar-refractivity contribution is -0.117. The molecule has 158 valence electrons. The highest BCUT2D eigenvalue weighted by atomic mass is 32.2. The predicted molar refractivity (Wildman–Crippen MR) is 117 cm³/mol. The molecule has 1 saturated carbocycles. The molecule has 1 heterocycles. The Morgan fingerprint density at radius 1 is 1.20 bits per heavy atom. The summed E-state index contributed by atoms with van der Waals surface area (Å²) in [6.45, 7) is 2.72. The third-order valence-corrected chi connectivity index (χ3v) is 6.59. The van der Waals surface area contributed by atoms with Gasteiger partial charge in [0.1, 0.15) is 10.6 Å². The Labute approximate surface area is 176 Å². The van der Waals surface area contributed by atoms with Crippen molar-refractivity contribution in [1.29, 1.82) is 0 Å². The number of benzene rings is 2. The first-order valence-corrected chi connectivity index (χ1v) is 11.6. The molecular weight excluding hydrogens is 402 g/mol. The molecule has 0 atom stereocenters. The van der Waals surface area contributed by atoms with Gasteiger partial charge in [0, 0.05) is 23.7 Å². The van der Waals surface area contributed by atoms with Crippen LogP contribution in [0.2, 0.25) is 0 Å². The van der Waals surface area contributed by atoms with Crippen LogP contribution < -0.4 is 15.0 Å². The molecule has 1 aliphatic heterocycles. The van der Waals surface area contributed by atoms with Gasteiger partial charge >= 0.3 is 0 Å². The maximum absolute atomic E-state index is 13.0. The number of hydrogen-bond donors (Lipinski definition) is 1. The topological polar surface area (TPSA) is 88.1 Å². The zero-order valence-corrected chi connectivity index (χ0v) is 17.9. The number of fused-ring (bicyclic) bond motifs is 1. The van der Waals surface area contributed by atoms with Crippen molar-refractivity contribution in [3.8, 4) is 5.75 Å². The fourth-order valence-electron chi connectivity index (χ4n) is 3.43. The highest BCUT2D eigenvalue weighted by Crippen LogP contribution is 2.36. The number of amides is 1. The van der Waals surface area contributed by atoms with Gasteiger partial charge in [-0.25, -0.2) is 0 Å². The van der Waals surface area contributed by atoms with Gasteiger partial charge in [-0.2, -0.15) is 8.42 Å². The predicted octanol–water partition coefficient (Wildman–Crippen LogP) is 3.80. The molecule has 2 aromatic carbocycles. The van der Waals surface area contributed by atoms with Crippen LogP contribution in [-0.2, 0) is 14.8 Å². The van der Waals surface area contributed by atoms with Crippen LogP contribution in [0.4, 0.5) is 11.4 Å². The second-order valence-electron chi connectivity index (χ2n) is 7.57. The summed E-state index contributed by atoms with van der Waals surface area (Å²) in [7, 11) is -2.33. The van der Waals surface area contributed by atoms with E-state index >= 15 is 0 Å². The Bertz CT molecular complexity index is 1090. The number of unbranched alkanes of at least 4 members (excludes halogenated alkanes) is 1. The fourth-order valence-corrected chi connectivity index (χ4v) is 4.68. The molecule has 0 radical (unpaired) electrons. The summed E-state index contributed by atoms with van der Waals surface area (Å²) in [5, 5.41) is 2.82. The minimum atomic E-state index is -3.91. The molecule has 0 aromatic heterocycles. The molecule has 0 unspecified atom stereocenters. The van der Waals surface area contributed by atoms with Crippen molar-refractivity contribution in [3.63, 3.8) is 0 Å². The van der Waals surface area contributed by atoms with Crippen molar-refractivity contribution in [2.75, 3.05) is 23.9 Å². The molecule has 0 spiro atoms. The maximum Gasteiger partial charge on any atom is 0.286 e. The lowest BCUT2D eigenvalue weighted by atomic mass is 10.1. The fraction of sp³-hybridized carbons (Fsp3) is 0.364. The number of sulfonamides is 1. The number of hydrogen-bond acceptors (Lipinski definition) is 5. The zero-order valence-electron chi connectivity index (χ0n) is 17.1. The smallest absolute Gasteiger partial charge is 0.286 e. The van der Waals surface area contributed by atoms with Crippen molar-refractivity contribution < 1.29 is 17.9 Å². The van der Waals surface area contributed by atoms with E-state index in [1.165, 1.54) is 6.07 Å². The van der Waals surface area contributed by atoms with Gasteiger partial charge < -0.3 is 15.0 Å². The van der Waals surface area contributed by atoms with Crippen LogP contribution >= 0.6 is 0 Å². The van der Waals surface area contributed by atoms with Gasteiger partial charge in [-0.15, -0.1) is 4.40 Å². The minimum Gasteiger partial charge on any atom is -0.497 e. The third-order valence-electron chi connectivity index (χ3n) is 5.29. The molecule has 30 heavy (non-hydrogen) atoms. The molecule has 4 rings (SSSR count). The number of amidine groups is 1. The van der Waals surface area contributed by atoms with E-state index in [9.17, 15) is 13.2 Å². The Hall–Kier alpha value is -2.87. The first-order valence-electron chi connectivity index (χ1n) is 10.1. The molecule has 0 saturated heterocycles. The first-order chi connectivity index (χ1) is 14.4. The Morgan fingerprint density at radius 2 is 1.93 bits per heavy atom. The van der Waals surface area contributed by atoms with Crippen molar-refractivity contribution in [2.24, 2.45) is 10.3 Å². The van der Waals surface area contributed by atoms with E-state index in [1.54, 1.807) is 43.5 Å². The first kappa shape index (κ1) is 20.4. The molecule has 0 bridgehead atoms. The van der Waals surface area contributed by atoms with Gasteiger partial charge in [0.15, 0.2) is 5.84 Å². The van der Waals surface area contributed by atoms with E-state index < -0.39 is 10.0 Å². The summed E-state index contributed by atoms with van der Waals surface area (Å²) < 4.78 is 35.4. The number of nitrogens with one attached hydrogen (secondary N) is 1. The monoisotopic (exact) mass is 427 g/mol. The average molecular weight is 428 g/mol. The number of nitrogens with zero attached hydrogens (tertiary/aromatic N) is 2. The van der Waals surface area contributed by atoms with Crippen LogP contribution in [0.1, 0.15) is 38.2 Å². The second kappa shape index (κ2) is 8.10. The van der Waals surface area contributed by atoms with E-state index in [0.29, 0.717) is 35.1 Å². The standard InChI is InChI=1S/C22H25N3O4S/c1-3-4-13-25-19-12-9-17(23-22(26)16-5-6-16)14-20(19)30(27,28)24-21(25)15-7-10-18(29-2)11-8-15/h7-12,14,16H,3-6,13H2,1-2H3,(H,23,26). The zero-order chi connectivity index (χ0) is 21.3. The molecule has 1 aliphatic carbocycles. The van der Waals surface area contributed by atoms with Gasteiger partial charge in [0.2, 0.25) is 5.91 Å². The van der Waals surface area contributed by atoms with E-state index in [1.807, 2.05) is 4.90 Å². The van der Waals surface area contributed by atoms with Gasteiger partial charge in [-0.3, -0.25) is 4.79 Å². The molecule has 8 heteroatoms. The van der Waals surface area contributed by atoms with Crippen molar-refractivity contribution in [2.45, 2.75) is 37.5 Å². The molecule has 1 fully saturated rings. The Morgan fingerprint density at radius 3 is 2.57 bits per heavy atom. The molecule has 1 amide bonds. The number of carbonyl (C=O) groups is 1. The third kappa shape index (κ3) is 4.05. The van der Waals surface area contributed by atoms with Crippen LogP contribution in [0.5, 0.6) is 5.75 Å². The largest absolute Gasteiger partial charge is 0.497 e. The quantitative estimate of drug-likeness (QED) is 0.726. The molecule has 7 nitrogen and oxygen atoms in total.